The van der Waals surface area contributed by atoms with Crippen molar-refractivity contribution in [2.45, 2.75) is 18.9 Å². The lowest BCUT2D eigenvalue weighted by Crippen LogP contribution is -2.31. The second-order valence-corrected chi connectivity index (χ2v) is 6.68. The van der Waals surface area contributed by atoms with Crippen LogP contribution in [0.2, 0.25) is 0 Å². The average Bonchev–Trinajstić information content (AvgIpc) is 3.34. The maximum Gasteiger partial charge on any atom is 0.276 e. The summed E-state index contributed by atoms with van der Waals surface area (Å²) in [6.07, 6.45) is 1.60. The Hall–Kier alpha value is -2.47. The van der Waals surface area contributed by atoms with E-state index in [0.29, 0.717) is 17.9 Å². The van der Waals surface area contributed by atoms with Crippen molar-refractivity contribution in [3.05, 3.63) is 64.9 Å². The van der Waals surface area contributed by atoms with E-state index in [1.807, 2.05) is 17.5 Å². The summed E-state index contributed by atoms with van der Waals surface area (Å²) in [6, 6.07) is 11.9. The van der Waals surface area contributed by atoms with Crippen LogP contribution in [0.5, 0.6) is 0 Å². The minimum absolute atomic E-state index is 0.215. The van der Waals surface area contributed by atoms with Crippen molar-refractivity contribution in [1.82, 2.24) is 10.1 Å². The van der Waals surface area contributed by atoms with Crippen molar-refractivity contribution >= 4 is 17.2 Å². The number of rotatable bonds is 3. The number of halogens is 1. The van der Waals surface area contributed by atoms with Gasteiger partial charge in [-0.2, -0.15) is 0 Å². The molecule has 24 heavy (non-hydrogen) atoms. The van der Waals surface area contributed by atoms with Gasteiger partial charge in [-0.3, -0.25) is 4.79 Å². The van der Waals surface area contributed by atoms with E-state index in [9.17, 15) is 9.18 Å². The topological polar surface area (TPSA) is 46.3 Å². The molecule has 4 nitrogen and oxygen atoms in total. The highest BCUT2D eigenvalue weighted by Crippen LogP contribution is 2.35. The van der Waals surface area contributed by atoms with E-state index in [1.54, 1.807) is 29.2 Å². The molecule has 0 bridgehead atoms. The molecule has 1 aliphatic rings. The van der Waals surface area contributed by atoms with Gasteiger partial charge in [-0.25, -0.2) is 4.39 Å². The standard InChI is InChI=1S/C18H15FN2O2S/c19-13-6-2-1-5-12(13)15-7-3-9-21(15)18(22)14-11-16(23-20-14)17-8-4-10-24-17/h1-2,4-6,8,10-11,15H,3,7,9H2/t15-/m1/s1. The fourth-order valence-electron chi connectivity index (χ4n) is 3.14. The van der Waals surface area contributed by atoms with Crippen molar-refractivity contribution in [1.29, 1.82) is 0 Å². The van der Waals surface area contributed by atoms with Crippen molar-refractivity contribution in [3.8, 4) is 10.6 Å². The van der Waals surface area contributed by atoms with Crippen LogP contribution < -0.4 is 0 Å². The smallest absolute Gasteiger partial charge is 0.276 e. The number of carbonyl (C=O) groups excluding carboxylic acids is 1. The Morgan fingerprint density at radius 1 is 1.29 bits per heavy atom. The molecule has 4 rings (SSSR count). The Morgan fingerprint density at radius 2 is 2.17 bits per heavy atom. The van der Waals surface area contributed by atoms with Crippen LogP contribution in [0.1, 0.15) is 34.9 Å². The summed E-state index contributed by atoms with van der Waals surface area (Å²) < 4.78 is 19.4. The van der Waals surface area contributed by atoms with E-state index >= 15 is 0 Å². The Bertz CT molecular complexity index is 860. The highest BCUT2D eigenvalue weighted by molar-refractivity contribution is 7.13. The van der Waals surface area contributed by atoms with Gasteiger partial charge in [-0.1, -0.05) is 29.4 Å². The first-order chi connectivity index (χ1) is 11.7. The number of amides is 1. The lowest BCUT2D eigenvalue weighted by molar-refractivity contribution is 0.0723. The molecule has 0 unspecified atom stereocenters. The second kappa shape index (κ2) is 6.20. The largest absolute Gasteiger partial charge is 0.355 e. The zero-order valence-corrected chi connectivity index (χ0v) is 13.6. The van der Waals surface area contributed by atoms with Crippen LogP contribution in [-0.2, 0) is 0 Å². The number of likely N-dealkylation sites (tertiary alicyclic amines) is 1. The zero-order valence-electron chi connectivity index (χ0n) is 12.8. The monoisotopic (exact) mass is 342 g/mol. The highest BCUT2D eigenvalue weighted by Gasteiger charge is 2.33. The molecule has 1 fully saturated rings. The Labute approximate surface area is 142 Å². The van der Waals surface area contributed by atoms with Crippen LogP contribution in [0.15, 0.2) is 52.4 Å². The molecule has 0 spiro atoms. The minimum atomic E-state index is -0.276. The number of nitrogens with zero attached hydrogens (tertiary/aromatic N) is 2. The van der Waals surface area contributed by atoms with E-state index in [4.69, 9.17) is 4.52 Å². The molecule has 2 aromatic heterocycles. The molecule has 1 saturated heterocycles. The van der Waals surface area contributed by atoms with Crippen molar-refractivity contribution in [2.75, 3.05) is 6.54 Å². The normalized spacial score (nSPS) is 17.4. The van der Waals surface area contributed by atoms with Gasteiger partial charge >= 0.3 is 0 Å². The van der Waals surface area contributed by atoms with Gasteiger partial charge in [0, 0.05) is 18.2 Å². The number of aromatic nitrogens is 1. The van der Waals surface area contributed by atoms with Crippen LogP contribution in [-0.4, -0.2) is 22.5 Å². The zero-order chi connectivity index (χ0) is 16.5. The molecule has 0 N–H and O–H groups in total. The molecule has 1 amide bonds. The SMILES string of the molecule is O=C(c1cc(-c2cccs2)on1)N1CCC[C@@H]1c1ccccc1F. The third kappa shape index (κ3) is 2.63. The fraction of sp³-hybridized carbons (Fsp3) is 0.222. The molecular weight excluding hydrogens is 327 g/mol. The highest BCUT2D eigenvalue weighted by atomic mass is 32.1. The predicted octanol–water partition coefficient (Wildman–Crippen LogP) is 4.52. The van der Waals surface area contributed by atoms with E-state index < -0.39 is 0 Å². The molecule has 0 radical (unpaired) electrons. The maximum atomic E-state index is 14.1. The predicted molar refractivity (Wildman–Crippen MR) is 89.2 cm³/mol. The lowest BCUT2D eigenvalue weighted by atomic mass is 10.0. The summed E-state index contributed by atoms with van der Waals surface area (Å²) in [7, 11) is 0. The molecule has 1 atom stereocenters. The third-order valence-electron chi connectivity index (χ3n) is 4.27. The van der Waals surface area contributed by atoms with Gasteiger partial charge in [0.05, 0.1) is 10.9 Å². The Balaban J connectivity index is 1.61. The van der Waals surface area contributed by atoms with Crippen LogP contribution in [0.4, 0.5) is 4.39 Å². The lowest BCUT2D eigenvalue weighted by Gasteiger charge is -2.24. The number of hydrogen-bond donors (Lipinski definition) is 0. The van der Waals surface area contributed by atoms with E-state index in [1.165, 1.54) is 17.4 Å². The van der Waals surface area contributed by atoms with Crippen LogP contribution in [0, 0.1) is 5.82 Å². The van der Waals surface area contributed by atoms with Crippen molar-refractivity contribution in [3.63, 3.8) is 0 Å². The fourth-order valence-corrected chi connectivity index (χ4v) is 3.81. The van der Waals surface area contributed by atoms with Gasteiger partial charge in [0.1, 0.15) is 5.82 Å². The summed E-state index contributed by atoms with van der Waals surface area (Å²) in [4.78, 5) is 15.4. The van der Waals surface area contributed by atoms with Crippen LogP contribution in [0.25, 0.3) is 10.6 Å². The van der Waals surface area contributed by atoms with Crippen molar-refractivity contribution in [2.24, 2.45) is 0 Å². The number of hydrogen-bond acceptors (Lipinski definition) is 4. The molecule has 0 aliphatic carbocycles. The van der Waals surface area contributed by atoms with E-state index in [2.05, 4.69) is 5.16 Å². The summed E-state index contributed by atoms with van der Waals surface area (Å²) in [5.41, 5.74) is 0.826. The van der Waals surface area contributed by atoms with Gasteiger partial charge in [0.25, 0.3) is 5.91 Å². The molecule has 3 aromatic rings. The van der Waals surface area contributed by atoms with Gasteiger partial charge in [-0.05, 0) is 30.4 Å². The number of carbonyl (C=O) groups is 1. The molecule has 0 saturated carbocycles. The first-order valence-corrected chi connectivity index (χ1v) is 8.68. The number of thiophene rings is 1. The maximum absolute atomic E-state index is 14.1. The first kappa shape index (κ1) is 15.1. The van der Waals surface area contributed by atoms with Crippen molar-refractivity contribution < 1.29 is 13.7 Å². The first-order valence-electron chi connectivity index (χ1n) is 7.80. The molecule has 1 aromatic carbocycles. The van der Waals surface area contributed by atoms with E-state index in [0.717, 1.165) is 17.7 Å². The Kier molecular flexibility index (Phi) is 3.90. The summed E-state index contributed by atoms with van der Waals surface area (Å²) in [6.45, 7) is 0.596. The Morgan fingerprint density at radius 3 is 2.96 bits per heavy atom. The van der Waals surface area contributed by atoms with Crippen LogP contribution >= 0.6 is 11.3 Å². The molecule has 6 heteroatoms. The number of benzene rings is 1. The third-order valence-corrected chi connectivity index (χ3v) is 5.16. The van der Waals surface area contributed by atoms with Gasteiger partial charge in [0.15, 0.2) is 11.5 Å². The molecular formula is C18H15FN2O2S. The van der Waals surface area contributed by atoms with Gasteiger partial charge < -0.3 is 9.42 Å². The molecule has 122 valence electrons. The van der Waals surface area contributed by atoms with Crippen LogP contribution in [0.3, 0.4) is 0 Å². The molecule has 3 heterocycles. The van der Waals surface area contributed by atoms with Gasteiger partial charge in [-0.15, -0.1) is 11.3 Å². The average molecular weight is 342 g/mol. The minimum Gasteiger partial charge on any atom is -0.355 e. The van der Waals surface area contributed by atoms with E-state index in [-0.39, 0.29) is 23.5 Å². The van der Waals surface area contributed by atoms with Gasteiger partial charge in [0.2, 0.25) is 0 Å². The summed E-state index contributed by atoms with van der Waals surface area (Å²) >= 11 is 1.52. The quantitative estimate of drug-likeness (QED) is 0.703. The summed E-state index contributed by atoms with van der Waals surface area (Å²) in [5.74, 6) is 0.0870. The second-order valence-electron chi connectivity index (χ2n) is 5.73. The summed E-state index contributed by atoms with van der Waals surface area (Å²) in [5, 5.41) is 5.85. The molecule has 1 aliphatic heterocycles.